The average molecular weight is 420 g/mol. The van der Waals surface area contributed by atoms with E-state index in [2.05, 4.69) is 9.98 Å². The Bertz CT molecular complexity index is 1170. The van der Waals surface area contributed by atoms with Crippen LogP contribution in [0.4, 0.5) is 10.1 Å². The van der Waals surface area contributed by atoms with Crippen LogP contribution in [-0.2, 0) is 4.74 Å². The predicted octanol–water partition coefficient (Wildman–Crippen LogP) is 3.24. The summed E-state index contributed by atoms with van der Waals surface area (Å²) in [4.78, 5) is 15.9. The molecule has 2 aliphatic rings. The Hall–Kier alpha value is -3.26. The van der Waals surface area contributed by atoms with E-state index in [0.717, 1.165) is 29.8 Å². The number of anilines is 1. The highest BCUT2D eigenvalue weighted by Crippen LogP contribution is 2.27. The number of hydrogen-bond acceptors (Lipinski definition) is 6. The Labute approximate surface area is 180 Å². The van der Waals surface area contributed by atoms with Crippen LogP contribution in [0.5, 0.6) is 0 Å². The summed E-state index contributed by atoms with van der Waals surface area (Å²) in [5, 5.41) is 0. The maximum absolute atomic E-state index is 15.0. The van der Waals surface area contributed by atoms with Crippen molar-refractivity contribution < 1.29 is 9.13 Å². The summed E-state index contributed by atoms with van der Waals surface area (Å²) in [6, 6.07) is 9.47. The zero-order valence-electron chi connectivity index (χ0n) is 17.5. The lowest BCUT2D eigenvalue weighted by Crippen LogP contribution is -2.36. The van der Waals surface area contributed by atoms with Gasteiger partial charge in [-0.3, -0.25) is 9.56 Å². The molecule has 160 valence electrons. The number of hydrogen-bond donors (Lipinski definition) is 1. The molecule has 1 aliphatic carbocycles. The number of halogens is 1. The number of allylic oxidation sites excluding steroid dienone is 1. The van der Waals surface area contributed by atoms with Gasteiger partial charge in [-0.05, 0) is 44.0 Å². The first-order valence-corrected chi connectivity index (χ1v) is 10.6. The Morgan fingerprint density at radius 3 is 2.71 bits per heavy atom. The first kappa shape index (κ1) is 19.7. The molecule has 1 aliphatic heterocycles. The van der Waals surface area contributed by atoms with Gasteiger partial charge in [0, 0.05) is 37.1 Å². The van der Waals surface area contributed by atoms with E-state index in [1.807, 2.05) is 40.7 Å². The Morgan fingerprint density at radius 2 is 2.00 bits per heavy atom. The van der Waals surface area contributed by atoms with Gasteiger partial charge in [0.1, 0.15) is 17.2 Å². The van der Waals surface area contributed by atoms with Gasteiger partial charge >= 0.3 is 0 Å². The first-order valence-electron chi connectivity index (χ1n) is 10.6. The second kappa shape index (κ2) is 8.11. The molecule has 31 heavy (non-hydrogen) atoms. The van der Waals surface area contributed by atoms with Gasteiger partial charge in [-0.25, -0.2) is 14.4 Å². The maximum Gasteiger partial charge on any atom is 0.165 e. The SMILES string of the molecule is Cc1nc2ccc(/C(C=NC3CC3)=C/N)nc2n1-c1ccc(N2CCOCC2)c(F)c1. The van der Waals surface area contributed by atoms with E-state index in [1.165, 1.54) is 6.20 Å². The van der Waals surface area contributed by atoms with Crippen LogP contribution in [0.3, 0.4) is 0 Å². The molecule has 0 unspecified atom stereocenters. The van der Waals surface area contributed by atoms with E-state index in [-0.39, 0.29) is 5.82 Å². The molecule has 1 saturated carbocycles. The molecular formula is C23H25FN6O. The molecule has 0 radical (unpaired) electrons. The highest BCUT2D eigenvalue weighted by atomic mass is 19.1. The molecule has 1 saturated heterocycles. The maximum atomic E-state index is 15.0. The summed E-state index contributed by atoms with van der Waals surface area (Å²) in [7, 11) is 0. The standard InChI is InChI=1S/C23H25FN6O/c1-15-27-21-6-5-20(16(13-25)14-26-17-2-3-17)28-23(21)30(15)18-4-7-22(19(24)12-18)29-8-10-31-11-9-29/h4-7,12-14,17H,2-3,8-11,25H2,1H3/b16-13+,26-14?. The zero-order valence-corrected chi connectivity index (χ0v) is 17.5. The molecule has 0 spiro atoms. The van der Waals surface area contributed by atoms with Crippen molar-refractivity contribution in [2.75, 3.05) is 31.2 Å². The van der Waals surface area contributed by atoms with Crippen LogP contribution < -0.4 is 10.6 Å². The number of fused-ring (bicyclic) bond motifs is 1. The number of morpholine rings is 1. The van der Waals surface area contributed by atoms with Crippen LogP contribution in [0.25, 0.3) is 22.4 Å². The van der Waals surface area contributed by atoms with Crippen LogP contribution in [-0.4, -0.2) is 53.1 Å². The molecule has 1 aromatic carbocycles. The number of aromatic nitrogens is 3. The summed E-state index contributed by atoms with van der Waals surface area (Å²) in [6.45, 7) is 4.49. The minimum Gasteiger partial charge on any atom is -0.404 e. The quantitative estimate of drug-likeness (QED) is 0.641. The third-order valence-corrected chi connectivity index (χ3v) is 5.66. The van der Waals surface area contributed by atoms with Crippen LogP contribution in [0, 0.1) is 12.7 Å². The smallest absolute Gasteiger partial charge is 0.165 e. The third-order valence-electron chi connectivity index (χ3n) is 5.66. The highest BCUT2D eigenvalue weighted by molar-refractivity contribution is 6.09. The second-order valence-corrected chi connectivity index (χ2v) is 7.90. The first-order chi connectivity index (χ1) is 15.1. The monoisotopic (exact) mass is 420 g/mol. The van der Waals surface area contributed by atoms with Crippen molar-refractivity contribution in [3.63, 3.8) is 0 Å². The highest BCUT2D eigenvalue weighted by Gasteiger charge is 2.20. The van der Waals surface area contributed by atoms with Gasteiger partial charge in [-0.15, -0.1) is 0 Å². The van der Waals surface area contributed by atoms with Crippen molar-refractivity contribution in [1.29, 1.82) is 0 Å². The fourth-order valence-corrected chi connectivity index (χ4v) is 3.84. The molecule has 3 heterocycles. The zero-order chi connectivity index (χ0) is 21.4. The lowest BCUT2D eigenvalue weighted by atomic mass is 10.2. The minimum atomic E-state index is -0.268. The average Bonchev–Trinajstić information content (AvgIpc) is 3.55. The van der Waals surface area contributed by atoms with Crippen LogP contribution in [0.1, 0.15) is 24.4 Å². The molecule has 2 aromatic heterocycles. The van der Waals surface area contributed by atoms with Gasteiger partial charge in [-0.1, -0.05) is 0 Å². The minimum absolute atomic E-state index is 0.268. The molecule has 3 aromatic rings. The molecule has 0 atom stereocenters. The number of benzene rings is 1. The van der Waals surface area contributed by atoms with Gasteiger partial charge in [0.05, 0.1) is 36.3 Å². The summed E-state index contributed by atoms with van der Waals surface area (Å²) in [5.41, 5.74) is 9.99. The van der Waals surface area contributed by atoms with Crippen LogP contribution in [0.15, 0.2) is 41.5 Å². The Kier molecular flexibility index (Phi) is 5.15. The van der Waals surface area contributed by atoms with Crippen LogP contribution in [0.2, 0.25) is 0 Å². The van der Waals surface area contributed by atoms with Crippen molar-refractivity contribution >= 4 is 28.6 Å². The number of pyridine rings is 1. The van der Waals surface area contributed by atoms with E-state index in [1.54, 1.807) is 12.3 Å². The van der Waals surface area contributed by atoms with Crippen molar-refractivity contribution in [2.24, 2.45) is 10.7 Å². The van der Waals surface area contributed by atoms with Crippen molar-refractivity contribution in [3.05, 3.63) is 53.9 Å². The molecular weight excluding hydrogens is 395 g/mol. The van der Waals surface area contributed by atoms with Gasteiger partial charge in [0.15, 0.2) is 5.65 Å². The molecule has 2 N–H and O–H groups in total. The fourth-order valence-electron chi connectivity index (χ4n) is 3.84. The third kappa shape index (κ3) is 3.90. The van der Waals surface area contributed by atoms with E-state index in [9.17, 15) is 0 Å². The summed E-state index contributed by atoms with van der Waals surface area (Å²) >= 11 is 0. The van der Waals surface area contributed by atoms with Gasteiger partial charge < -0.3 is 15.4 Å². The number of ether oxygens (including phenoxy) is 1. The van der Waals surface area contributed by atoms with Crippen molar-refractivity contribution in [1.82, 2.24) is 14.5 Å². The van der Waals surface area contributed by atoms with Crippen molar-refractivity contribution in [2.45, 2.75) is 25.8 Å². The molecule has 0 bridgehead atoms. The largest absolute Gasteiger partial charge is 0.404 e. The van der Waals surface area contributed by atoms with E-state index in [4.69, 9.17) is 15.5 Å². The number of aliphatic imine (C=N–C) groups is 1. The number of nitrogens with zero attached hydrogens (tertiary/aromatic N) is 5. The summed E-state index contributed by atoms with van der Waals surface area (Å²) in [5.74, 6) is 0.471. The van der Waals surface area contributed by atoms with E-state index in [0.29, 0.717) is 55.1 Å². The second-order valence-electron chi connectivity index (χ2n) is 7.90. The van der Waals surface area contributed by atoms with Crippen molar-refractivity contribution in [3.8, 4) is 5.69 Å². The Balaban J connectivity index is 1.53. The van der Waals surface area contributed by atoms with E-state index >= 15 is 4.39 Å². The topological polar surface area (TPSA) is 81.6 Å². The summed E-state index contributed by atoms with van der Waals surface area (Å²) in [6.07, 6.45) is 5.55. The van der Waals surface area contributed by atoms with Gasteiger partial charge in [-0.2, -0.15) is 0 Å². The fraction of sp³-hybridized carbons (Fsp3) is 0.348. The molecule has 0 amide bonds. The van der Waals surface area contributed by atoms with Crippen LogP contribution >= 0.6 is 0 Å². The lowest BCUT2D eigenvalue weighted by molar-refractivity contribution is 0.122. The number of nitrogens with two attached hydrogens (primary N) is 1. The lowest BCUT2D eigenvalue weighted by Gasteiger charge is -2.29. The number of imidazole rings is 1. The van der Waals surface area contributed by atoms with Gasteiger partial charge in [0.25, 0.3) is 0 Å². The normalized spacial score (nSPS) is 17.7. The van der Waals surface area contributed by atoms with Gasteiger partial charge in [0.2, 0.25) is 0 Å². The Morgan fingerprint density at radius 1 is 1.19 bits per heavy atom. The number of rotatable bonds is 5. The number of aryl methyl sites for hydroxylation is 1. The molecule has 5 rings (SSSR count). The predicted molar refractivity (Wildman–Crippen MR) is 120 cm³/mol. The summed E-state index contributed by atoms with van der Waals surface area (Å²) < 4.78 is 22.3. The molecule has 7 nitrogen and oxygen atoms in total. The van der Waals surface area contributed by atoms with E-state index < -0.39 is 0 Å². The molecule has 8 heteroatoms. The molecule has 2 fully saturated rings.